The molecular weight excluding hydrogens is 679 g/mol. The van der Waals surface area contributed by atoms with E-state index in [0.29, 0.717) is 26.3 Å². The number of nitrogens with two attached hydrogens (primary N) is 1. The largest absolute Gasteiger partial charge is 0.446 e. The zero-order valence-corrected chi connectivity index (χ0v) is 31.5. The van der Waals surface area contributed by atoms with Crippen LogP contribution in [-0.4, -0.2) is 124 Å². The number of carbonyl (C=O) groups excluding carboxylic acids is 3. The van der Waals surface area contributed by atoms with Crippen LogP contribution in [0.1, 0.15) is 90.9 Å². The Bertz CT molecular complexity index is 873. The molecule has 290 valence electrons. The highest BCUT2D eigenvalue weighted by atomic mass is 32.2. The van der Waals surface area contributed by atoms with Crippen molar-refractivity contribution in [2.24, 2.45) is 5.73 Å². The van der Waals surface area contributed by atoms with E-state index in [0.717, 1.165) is 38.5 Å². The van der Waals surface area contributed by atoms with E-state index < -0.39 is 31.9 Å². The Morgan fingerprint density at radius 2 is 1.18 bits per heavy atom. The number of unbranched alkanes of at least 4 members (excludes halogenated alkanes) is 10. The van der Waals surface area contributed by atoms with Crippen molar-refractivity contribution in [2.75, 3.05) is 83.6 Å². The lowest BCUT2D eigenvalue weighted by molar-refractivity contribution is -0.122. The van der Waals surface area contributed by atoms with Gasteiger partial charge in [-0.2, -0.15) is 11.8 Å². The van der Waals surface area contributed by atoms with Crippen LogP contribution >= 0.6 is 19.4 Å². The third-order valence-electron chi connectivity index (χ3n) is 7.03. The van der Waals surface area contributed by atoms with Crippen LogP contribution in [0.3, 0.4) is 0 Å². The molecule has 0 radical (unpaired) electrons. The van der Waals surface area contributed by atoms with E-state index in [4.69, 9.17) is 39.2 Å². The first-order chi connectivity index (χ1) is 23.6. The van der Waals surface area contributed by atoms with Crippen LogP contribution in [0.15, 0.2) is 0 Å². The average Bonchev–Trinajstić information content (AvgIpc) is 3.06. The fraction of sp³-hybridized carbons (Fsp3) is 0.906. The first kappa shape index (κ1) is 47.4. The highest BCUT2D eigenvalue weighted by Crippen LogP contribution is 2.33. The predicted molar refractivity (Wildman–Crippen MR) is 192 cm³/mol. The van der Waals surface area contributed by atoms with Crippen molar-refractivity contribution < 1.29 is 52.4 Å². The summed E-state index contributed by atoms with van der Waals surface area (Å²) < 4.78 is 37.4. The fourth-order valence-electron chi connectivity index (χ4n) is 4.23. The number of ether oxygens (including phenoxy) is 5. The maximum absolute atomic E-state index is 12.4. The van der Waals surface area contributed by atoms with Gasteiger partial charge in [0.2, 0.25) is 5.91 Å². The standard InChI is InChI=1S/C32H65N4O11PS/c1-3-5-7-9-11-13-15-35-31(38)46-25-28(47-32(39)36-16-14-12-10-8-6-4-2)26-49-27-29(33)30(37)34-17-18-43-19-20-44-21-22-45-23-24-48(40,41)42/h28-29H,3-27,33H2,1-2H3,(H,34,37)(H,35,38)(H,36,39)(H2,40,41,42)/t28-,29-/m1/s1. The molecule has 17 heteroatoms. The maximum Gasteiger partial charge on any atom is 0.407 e. The molecular formula is C32H65N4O11PS. The van der Waals surface area contributed by atoms with Gasteiger partial charge in [0, 0.05) is 31.1 Å². The van der Waals surface area contributed by atoms with Crippen molar-refractivity contribution in [1.29, 1.82) is 0 Å². The molecule has 0 aliphatic heterocycles. The van der Waals surface area contributed by atoms with E-state index in [2.05, 4.69) is 29.8 Å². The summed E-state index contributed by atoms with van der Waals surface area (Å²) in [6.07, 6.45) is 11.1. The highest BCUT2D eigenvalue weighted by Gasteiger charge is 2.20. The number of rotatable bonds is 34. The molecule has 3 amide bonds. The number of alkyl carbamates (subject to hydrolysis) is 2. The number of amides is 3. The summed E-state index contributed by atoms with van der Waals surface area (Å²) in [5.74, 6) is 0.202. The van der Waals surface area contributed by atoms with Gasteiger partial charge in [-0.25, -0.2) is 9.59 Å². The zero-order chi connectivity index (χ0) is 36.4. The molecule has 0 spiro atoms. The summed E-state index contributed by atoms with van der Waals surface area (Å²) in [4.78, 5) is 54.6. The molecule has 0 aromatic carbocycles. The average molecular weight is 745 g/mol. The van der Waals surface area contributed by atoms with E-state index in [1.165, 1.54) is 50.3 Å². The molecule has 49 heavy (non-hydrogen) atoms. The van der Waals surface area contributed by atoms with Gasteiger partial charge in [0.15, 0.2) is 0 Å². The van der Waals surface area contributed by atoms with Gasteiger partial charge in [0.25, 0.3) is 0 Å². The first-order valence-electron chi connectivity index (χ1n) is 17.8. The minimum Gasteiger partial charge on any atom is -0.446 e. The molecule has 15 nitrogen and oxygen atoms in total. The Hall–Kier alpha value is -1.65. The topological polar surface area (TPSA) is 217 Å². The van der Waals surface area contributed by atoms with Crippen molar-refractivity contribution in [1.82, 2.24) is 16.0 Å². The van der Waals surface area contributed by atoms with E-state index in [-0.39, 0.29) is 63.2 Å². The minimum absolute atomic E-state index is 0.0398. The molecule has 0 aromatic heterocycles. The van der Waals surface area contributed by atoms with Gasteiger partial charge in [-0.15, -0.1) is 0 Å². The predicted octanol–water partition coefficient (Wildman–Crippen LogP) is 3.93. The second-order valence-corrected chi connectivity index (χ2v) is 14.5. The first-order valence-corrected chi connectivity index (χ1v) is 20.8. The number of nitrogens with one attached hydrogen (secondary N) is 3. The van der Waals surface area contributed by atoms with E-state index in [1.807, 2.05) is 0 Å². The molecule has 0 rings (SSSR count). The second-order valence-electron chi connectivity index (χ2n) is 11.7. The van der Waals surface area contributed by atoms with Gasteiger partial charge < -0.3 is 55.2 Å². The Morgan fingerprint density at radius 1 is 0.673 bits per heavy atom. The van der Waals surface area contributed by atoms with Crippen molar-refractivity contribution in [3.63, 3.8) is 0 Å². The lowest BCUT2D eigenvalue weighted by Crippen LogP contribution is -2.43. The van der Waals surface area contributed by atoms with Gasteiger partial charge in [-0.1, -0.05) is 78.1 Å². The normalized spacial score (nSPS) is 12.7. The summed E-state index contributed by atoms with van der Waals surface area (Å²) in [6, 6.07) is -0.803. The van der Waals surface area contributed by atoms with Crippen LogP contribution in [0, 0.1) is 0 Å². The third kappa shape index (κ3) is 34.6. The third-order valence-corrected chi connectivity index (χ3v) is 9.00. The van der Waals surface area contributed by atoms with Crippen LogP contribution in [-0.2, 0) is 33.0 Å². The smallest absolute Gasteiger partial charge is 0.407 e. The zero-order valence-electron chi connectivity index (χ0n) is 29.8. The Kier molecular flexibility index (Phi) is 32.4. The summed E-state index contributed by atoms with van der Waals surface area (Å²) in [7, 11) is -4.05. The number of hydrogen-bond acceptors (Lipinski definition) is 11. The molecule has 0 fully saturated rings. The molecule has 0 bridgehead atoms. The Morgan fingerprint density at radius 3 is 1.76 bits per heavy atom. The fourth-order valence-corrected chi connectivity index (χ4v) is 5.56. The van der Waals surface area contributed by atoms with Crippen LogP contribution < -0.4 is 21.7 Å². The molecule has 0 unspecified atom stereocenters. The number of carbonyl (C=O) groups is 3. The number of hydrogen-bond donors (Lipinski definition) is 6. The van der Waals surface area contributed by atoms with Crippen molar-refractivity contribution in [2.45, 2.75) is 103 Å². The van der Waals surface area contributed by atoms with Gasteiger partial charge in [0.1, 0.15) is 12.7 Å². The van der Waals surface area contributed by atoms with Crippen molar-refractivity contribution in [3.8, 4) is 0 Å². The summed E-state index contributed by atoms with van der Waals surface area (Å²) in [5.41, 5.74) is 6.05. The highest BCUT2D eigenvalue weighted by molar-refractivity contribution is 7.99. The van der Waals surface area contributed by atoms with Crippen molar-refractivity contribution in [3.05, 3.63) is 0 Å². The number of thioether (sulfide) groups is 1. The summed E-state index contributed by atoms with van der Waals surface area (Å²) >= 11 is 1.32. The quantitative estimate of drug-likeness (QED) is 0.0407. The second kappa shape index (κ2) is 33.5. The van der Waals surface area contributed by atoms with Gasteiger partial charge in [-0.05, 0) is 12.8 Å². The van der Waals surface area contributed by atoms with Crippen LogP contribution in [0.2, 0.25) is 0 Å². The Balaban J connectivity index is 4.33. The van der Waals surface area contributed by atoms with E-state index in [9.17, 15) is 18.9 Å². The molecule has 0 aliphatic carbocycles. The molecule has 0 saturated heterocycles. The van der Waals surface area contributed by atoms with E-state index >= 15 is 0 Å². The lowest BCUT2D eigenvalue weighted by atomic mass is 10.1. The molecule has 2 atom stereocenters. The van der Waals surface area contributed by atoms with Gasteiger partial charge in [-0.3, -0.25) is 9.36 Å². The Labute approximate surface area is 297 Å². The molecule has 0 aliphatic rings. The van der Waals surface area contributed by atoms with E-state index in [1.54, 1.807) is 0 Å². The van der Waals surface area contributed by atoms with Crippen molar-refractivity contribution >= 4 is 37.5 Å². The van der Waals surface area contributed by atoms with Crippen LogP contribution in [0.5, 0.6) is 0 Å². The van der Waals surface area contributed by atoms with Crippen LogP contribution in [0.4, 0.5) is 9.59 Å². The SMILES string of the molecule is CCCCCCCCNC(=O)OC[C@H](CSC[C@@H](N)C(=O)NCCOCCOCCOCCP(=O)(O)O)OC(=O)NCCCCCCCC. The van der Waals surface area contributed by atoms with Gasteiger partial charge >= 0.3 is 19.8 Å². The molecule has 0 aromatic rings. The summed E-state index contributed by atoms with van der Waals surface area (Å²) in [6.45, 7) is 6.81. The van der Waals surface area contributed by atoms with Crippen LogP contribution in [0.25, 0.3) is 0 Å². The molecule has 7 N–H and O–H groups in total. The van der Waals surface area contributed by atoms with Gasteiger partial charge in [0.05, 0.1) is 51.8 Å². The summed E-state index contributed by atoms with van der Waals surface area (Å²) in [5, 5.41) is 8.23. The maximum atomic E-state index is 12.4. The minimum atomic E-state index is -4.05. The molecule has 0 saturated carbocycles. The monoisotopic (exact) mass is 744 g/mol. The molecule has 0 heterocycles. The lowest BCUT2D eigenvalue weighted by Gasteiger charge is -2.19.